The van der Waals surface area contributed by atoms with Gasteiger partial charge in [0, 0.05) is 46.4 Å². The Bertz CT molecular complexity index is 1930. The molecule has 0 fully saturated rings. The van der Waals surface area contributed by atoms with E-state index in [0.717, 1.165) is 0 Å². The third-order valence-corrected chi connectivity index (χ3v) is 15.4. The third kappa shape index (κ3) is 14.6. The van der Waals surface area contributed by atoms with Gasteiger partial charge in [-0.3, -0.25) is 0 Å². The minimum absolute atomic E-state index is 1.19. The van der Waals surface area contributed by atoms with Crippen molar-refractivity contribution in [3.8, 4) is 0 Å². The molecule has 0 aliphatic rings. The number of hydrogen-bond donors (Lipinski definition) is 1. The van der Waals surface area contributed by atoms with Gasteiger partial charge in [0.2, 0.25) is 0 Å². The van der Waals surface area contributed by atoms with E-state index in [-0.39, 0.29) is 0 Å². The quantitative estimate of drug-likeness (QED) is 0.0359. The van der Waals surface area contributed by atoms with Crippen molar-refractivity contribution in [2.24, 2.45) is 0 Å². The molecular weight excluding hydrogens is 779 g/mol. The average molecular weight is 864 g/mol. The Labute approximate surface area is 381 Å². The molecule has 2 heterocycles. The number of anilines is 2. The molecule has 2 aromatic heterocycles. The van der Waals surface area contributed by atoms with Gasteiger partial charge in [-0.1, -0.05) is 205 Å². The van der Waals surface area contributed by atoms with Gasteiger partial charge in [-0.2, -0.15) is 0 Å². The zero-order valence-corrected chi connectivity index (χ0v) is 41.4. The Hall–Kier alpha value is -2.86. The Balaban J connectivity index is 0.00000228. The minimum Gasteiger partial charge on any atom is -0.363 e. The lowest BCUT2D eigenvalue weighted by Crippen LogP contribution is -2.24. The maximum Gasteiger partial charge on any atom is 0.0921 e. The summed E-state index contributed by atoms with van der Waals surface area (Å²) in [5.74, 6) is 0. The summed E-state index contributed by atoms with van der Waals surface area (Å²) in [6, 6.07) is 24.4. The lowest BCUT2D eigenvalue weighted by molar-refractivity contribution is 0.576. The summed E-state index contributed by atoms with van der Waals surface area (Å²) in [6.07, 6.45) is 32.6. The van der Waals surface area contributed by atoms with Crippen molar-refractivity contribution in [1.82, 2.24) is 5.32 Å². The van der Waals surface area contributed by atoms with Gasteiger partial charge in [-0.15, -0.1) is 22.7 Å². The predicted octanol–water partition coefficient (Wildman–Crippen LogP) is 18.5. The highest BCUT2D eigenvalue weighted by molar-refractivity contribution is 7.24. The number of unbranched alkanes of at least 4 members (excludes halogenated alkanes) is 20. The van der Waals surface area contributed by atoms with Crippen molar-refractivity contribution >= 4 is 85.2 Å². The van der Waals surface area contributed by atoms with Crippen molar-refractivity contribution in [3.63, 3.8) is 0 Å². The van der Waals surface area contributed by atoms with Gasteiger partial charge in [-0.25, -0.2) is 0 Å². The molecule has 3 nitrogen and oxygen atoms in total. The lowest BCUT2D eigenvalue weighted by atomic mass is 9.96. The first-order chi connectivity index (χ1) is 30.1. The minimum atomic E-state index is 1.19. The second-order valence-corrected chi connectivity index (χ2v) is 20.2. The van der Waals surface area contributed by atoms with Crippen LogP contribution >= 0.6 is 22.7 Å². The smallest absolute Gasteiger partial charge is 0.0921 e. The molecule has 5 heteroatoms. The van der Waals surface area contributed by atoms with Gasteiger partial charge < -0.3 is 15.1 Å². The molecule has 6 rings (SSSR count). The van der Waals surface area contributed by atoms with E-state index < -0.39 is 0 Å². The summed E-state index contributed by atoms with van der Waals surface area (Å²) in [4.78, 5) is 5.49. The van der Waals surface area contributed by atoms with Gasteiger partial charge in [0.15, 0.2) is 0 Å². The summed E-state index contributed by atoms with van der Waals surface area (Å²) in [6.45, 7) is 14.0. The SMILES string of the molecule is CCCCCCCCN(CCCCCCCC)c1cc2ccc3c4ccc5c(ccc6cc(N(CCCCCCCC)CCCCCCCC)sc65)c4ccc3c2s1.CNC. The molecule has 0 saturated carbocycles. The van der Waals surface area contributed by atoms with Crippen molar-refractivity contribution in [1.29, 1.82) is 0 Å². The van der Waals surface area contributed by atoms with E-state index in [1.165, 1.54) is 243 Å². The van der Waals surface area contributed by atoms with E-state index >= 15 is 0 Å². The van der Waals surface area contributed by atoms with Crippen molar-refractivity contribution < 1.29 is 0 Å². The number of fused-ring (bicyclic) bond motifs is 9. The van der Waals surface area contributed by atoms with E-state index in [0.29, 0.717) is 0 Å². The summed E-state index contributed by atoms with van der Waals surface area (Å²) in [7, 11) is 3.75. The number of rotatable bonds is 30. The average Bonchev–Trinajstić information content (AvgIpc) is 3.92. The fourth-order valence-corrected chi connectivity index (χ4v) is 11.8. The van der Waals surface area contributed by atoms with Crippen LogP contribution in [0.3, 0.4) is 0 Å². The Kier molecular flexibility index (Phi) is 22.6. The van der Waals surface area contributed by atoms with Crippen LogP contribution in [0, 0.1) is 0 Å². The highest BCUT2D eigenvalue weighted by Gasteiger charge is 2.17. The Morgan fingerprint density at radius 1 is 0.344 bits per heavy atom. The Morgan fingerprint density at radius 3 is 0.902 bits per heavy atom. The fraction of sp³-hybridized carbons (Fsp3) is 0.607. The normalized spacial score (nSPS) is 11.7. The molecule has 0 aliphatic carbocycles. The maximum absolute atomic E-state index is 2.75. The molecule has 0 amide bonds. The first-order valence-corrected chi connectivity index (χ1v) is 27.0. The van der Waals surface area contributed by atoms with Crippen molar-refractivity contribution in [3.05, 3.63) is 60.7 Å². The highest BCUT2D eigenvalue weighted by atomic mass is 32.1. The standard InChI is InChI=1S/C54H78N2S2.C2H7N/c1-5-9-13-17-21-25-37-55(38-26-22-18-14-10-6-2)51-41-43-29-31-47-45-34-36-50-48(46(45)33-35-49(47)53(43)57-51)32-30-44-42-52(58-54(44)50)56(39-27-23-19-15-11-7-3)40-28-24-20-16-12-8-4;1-3-2/h29-36,41-42H,5-28,37-40H2,1-4H3;3H,1-2H3. The lowest BCUT2D eigenvalue weighted by Gasteiger charge is -2.23. The van der Waals surface area contributed by atoms with Gasteiger partial charge in [0.05, 0.1) is 10.0 Å². The van der Waals surface area contributed by atoms with E-state index in [9.17, 15) is 0 Å². The monoisotopic (exact) mass is 864 g/mol. The van der Waals surface area contributed by atoms with Crippen LogP contribution in [0.4, 0.5) is 10.0 Å². The van der Waals surface area contributed by atoms with Crippen LogP contribution in [0.1, 0.15) is 182 Å². The zero-order valence-electron chi connectivity index (χ0n) is 39.8. The van der Waals surface area contributed by atoms with Crippen LogP contribution in [-0.2, 0) is 0 Å². The molecule has 61 heavy (non-hydrogen) atoms. The molecule has 0 bridgehead atoms. The van der Waals surface area contributed by atoms with E-state index in [1.54, 1.807) is 0 Å². The second-order valence-electron chi connectivity index (χ2n) is 18.1. The van der Waals surface area contributed by atoms with Crippen LogP contribution in [-0.4, -0.2) is 40.3 Å². The topological polar surface area (TPSA) is 18.5 Å². The molecule has 0 atom stereocenters. The fourth-order valence-electron chi connectivity index (χ4n) is 9.31. The van der Waals surface area contributed by atoms with Crippen LogP contribution < -0.4 is 15.1 Å². The van der Waals surface area contributed by atoms with Crippen LogP contribution in [0.2, 0.25) is 0 Å². The summed E-state index contributed by atoms with van der Waals surface area (Å²) >= 11 is 4.08. The first kappa shape index (κ1) is 49.2. The molecule has 6 aromatic rings. The van der Waals surface area contributed by atoms with Gasteiger partial charge in [0.1, 0.15) is 0 Å². The second kappa shape index (κ2) is 28.0. The molecule has 336 valence electrons. The van der Waals surface area contributed by atoms with E-state index in [2.05, 4.69) is 103 Å². The number of nitrogens with one attached hydrogen (secondary N) is 1. The first-order valence-electron chi connectivity index (χ1n) is 25.4. The Morgan fingerprint density at radius 2 is 0.590 bits per heavy atom. The summed E-state index contributed by atoms with van der Waals surface area (Å²) in [5, 5.41) is 16.9. The molecule has 0 unspecified atom stereocenters. The maximum atomic E-state index is 2.75. The number of nitrogens with zero attached hydrogens (tertiary/aromatic N) is 2. The third-order valence-electron chi connectivity index (χ3n) is 12.9. The number of thiophene rings is 2. The van der Waals surface area contributed by atoms with E-state index in [1.807, 2.05) is 36.8 Å². The number of hydrogen-bond acceptors (Lipinski definition) is 5. The largest absolute Gasteiger partial charge is 0.363 e. The molecule has 1 N–H and O–H groups in total. The molecule has 0 spiro atoms. The predicted molar refractivity (Wildman–Crippen MR) is 283 cm³/mol. The van der Waals surface area contributed by atoms with Gasteiger partial charge in [0.25, 0.3) is 0 Å². The molecule has 4 aromatic carbocycles. The zero-order chi connectivity index (χ0) is 43.1. The van der Waals surface area contributed by atoms with Crippen LogP contribution in [0.5, 0.6) is 0 Å². The van der Waals surface area contributed by atoms with Crippen LogP contribution in [0.15, 0.2) is 60.7 Å². The molecule has 0 saturated heterocycles. The summed E-state index contributed by atoms with van der Waals surface area (Å²) in [5.41, 5.74) is 0. The number of benzene rings is 4. The van der Waals surface area contributed by atoms with Gasteiger partial charge >= 0.3 is 0 Å². The van der Waals surface area contributed by atoms with Crippen molar-refractivity contribution in [2.75, 3.05) is 50.1 Å². The molecule has 0 radical (unpaired) electrons. The molecule has 0 aliphatic heterocycles. The van der Waals surface area contributed by atoms with Crippen LogP contribution in [0.25, 0.3) is 52.5 Å². The van der Waals surface area contributed by atoms with E-state index in [4.69, 9.17) is 0 Å². The summed E-state index contributed by atoms with van der Waals surface area (Å²) < 4.78 is 2.92. The highest BCUT2D eigenvalue weighted by Crippen LogP contribution is 2.43. The van der Waals surface area contributed by atoms with Crippen molar-refractivity contribution in [2.45, 2.75) is 182 Å². The molecular formula is C56H85N3S2. The van der Waals surface area contributed by atoms with Gasteiger partial charge in [-0.05, 0) is 84.2 Å².